The minimum Gasteiger partial charge on any atom is -0.481 e. The summed E-state index contributed by atoms with van der Waals surface area (Å²) in [4.78, 5) is 25.3. The third-order valence-electron chi connectivity index (χ3n) is 4.21. The lowest BCUT2D eigenvalue weighted by molar-refractivity contribution is -0.158. The lowest BCUT2D eigenvalue weighted by Gasteiger charge is -2.39. The van der Waals surface area contributed by atoms with Crippen LogP contribution < -0.4 is 0 Å². The van der Waals surface area contributed by atoms with Gasteiger partial charge in [-0.25, -0.2) is 12.7 Å². The standard InChI is InChI=1S/C14H26N2O6S/c1-4-16(5-2)23(20,21)9-12(17)15-8-6-7-14(10-15,11-22-3)13(18)19/h4-11H2,1-3H3,(H,18,19). The van der Waals surface area contributed by atoms with Crippen molar-refractivity contribution in [3.63, 3.8) is 0 Å². The molecule has 1 aliphatic heterocycles. The number of hydrogen-bond acceptors (Lipinski definition) is 5. The molecular formula is C14H26N2O6S. The second kappa shape index (κ2) is 8.07. The molecule has 0 spiro atoms. The summed E-state index contributed by atoms with van der Waals surface area (Å²) >= 11 is 0. The third kappa shape index (κ3) is 4.65. The van der Waals surface area contributed by atoms with Gasteiger partial charge in [0.25, 0.3) is 0 Å². The van der Waals surface area contributed by atoms with Gasteiger partial charge in [0.2, 0.25) is 15.9 Å². The van der Waals surface area contributed by atoms with Crippen LogP contribution in [0.1, 0.15) is 26.7 Å². The van der Waals surface area contributed by atoms with E-state index in [1.165, 1.54) is 16.3 Å². The molecule has 1 saturated heterocycles. The third-order valence-corrected chi connectivity index (χ3v) is 6.12. The Labute approximate surface area is 137 Å². The van der Waals surface area contributed by atoms with Crippen LogP contribution in [0.5, 0.6) is 0 Å². The van der Waals surface area contributed by atoms with Gasteiger partial charge in [0.15, 0.2) is 0 Å². The van der Waals surface area contributed by atoms with Crippen LogP contribution in [0.4, 0.5) is 0 Å². The Bertz CT molecular complexity index is 527. The maximum absolute atomic E-state index is 12.4. The first-order valence-electron chi connectivity index (χ1n) is 7.70. The predicted octanol–water partition coefficient (Wildman–Crippen LogP) is -0.00220. The van der Waals surface area contributed by atoms with Crippen molar-refractivity contribution in [2.24, 2.45) is 5.41 Å². The number of sulfonamides is 1. The number of hydrogen-bond donors (Lipinski definition) is 1. The van der Waals surface area contributed by atoms with Crippen LogP contribution >= 0.6 is 0 Å². The van der Waals surface area contributed by atoms with Gasteiger partial charge >= 0.3 is 5.97 Å². The van der Waals surface area contributed by atoms with Gasteiger partial charge in [-0.3, -0.25) is 9.59 Å². The second-order valence-corrected chi connectivity index (χ2v) is 7.75. The summed E-state index contributed by atoms with van der Waals surface area (Å²) < 4.78 is 30.6. The van der Waals surface area contributed by atoms with Gasteiger partial charge in [-0.1, -0.05) is 13.8 Å². The summed E-state index contributed by atoms with van der Waals surface area (Å²) in [6, 6.07) is 0. The summed E-state index contributed by atoms with van der Waals surface area (Å²) in [6.45, 7) is 4.35. The van der Waals surface area contributed by atoms with Crippen molar-refractivity contribution in [1.82, 2.24) is 9.21 Å². The minimum absolute atomic E-state index is 0.00505. The largest absolute Gasteiger partial charge is 0.481 e. The van der Waals surface area contributed by atoms with Crippen LogP contribution in [0.25, 0.3) is 0 Å². The Morgan fingerprint density at radius 3 is 2.39 bits per heavy atom. The van der Waals surface area contributed by atoms with E-state index < -0.39 is 33.1 Å². The number of ether oxygens (including phenoxy) is 1. The molecule has 1 atom stereocenters. The van der Waals surface area contributed by atoms with Gasteiger partial charge in [-0.2, -0.15) is 0 Å². The number of carbonyl (C=O) groups excluding carboxylic acids is 1. The maximum Gasteiger partial charge on any atom is 0.313 e. The zero-order chi connectivity index (χ0) is 17.7. The fraction of sp³-hybridized carbons (Fsp3) is 0.857. The first-order chi connectivity index (χ1) is 10.7. The second-order valence-electron chi connectivity index (χ2n) is 5.78. The van der Waals surface area contributed by atoms with Crippen molar-refractivity contribution in [3.8, 4) is 0 Å². The number of piperidine rings is 1. The number of likely N-dealkylation sites (tertiary alicyclic amines) is 1. The first kappa shape index (κ1) is 19.9. The summed E-state index contributed by atoms with van der Waals surface area (Å²) in [5.74, 6) is -2.21. The molecule has 134 valence electrons. The Morgan fingerprint density at radius 2 is 1.91 bits per heavy atom. The van der Waals surface area contributed by atoms with E-state index in [2.05, 4.69) is 0 Å². The van der Waals surface area contributed by atoms with E-state index >= 15 is 0 Å². The molecule has 1 amide bonds. The normalized spacial score (nSPS) is 22.3. The topological polar surface area (TPSA) is 104 Å². The van der Waals surface area contributed by atoms with E-state index in [4.69, 9.17) is 4.74 Å². The zero-order valence-electron chi connectivity index (χ0n) is 13.9. The van der Waals surface area contributed by atoms with Gasteiger partial charge < -0.3 is 14.7 Å². The van der Waals surface area contributed by atoms with Crippen molar-refractivity contribution in [2.45, 2.75) is 26.7 Å². The van der Waals surface area contributed by atoms with Gasteiger partial charge in [-0.15, -0.1) is 0 Å². The number of amides is 1. The van der Waals surface area contributed by atoms with Crippen LogP contribution in [0, 0.1) is 5.41 Å². The number of carboxylic acid groups (broad SMARTS) is 1. The molecular weight excluding hydrogens is 324 g/mol. The van der Waals surface area contributed by atoms with E-state index in [0.29, 0.717) is 32.5 Å². The fourth-order valence-electron chi connectivity index (χ4n) is 2.93. The van der Waals surface area contributed by atoms with Crippen LogP contribution in [0.3, 0.4) is 0 Å². The number of rotatable bonds is 8. The summed E-state index contributed by atoms with van der Waals surface area (Å²) in [6.07, 6.45) is 0.912. The highest BCUT2D eigenvalue weighted by atomic mass is 32.2. The zero-order valence-corrected chi connectivity index (χ0v) is 14.8. The number of nitrogens with zero attached hydrogens (tertiary/aromatic N) is 2. The van der Waals surface area contributed by atoms with E-state index in [0.717, 1.165) is 0 Å². The van der Waals surface area contributed by atoms with Crippen molar-refractivity contribution in [3.05, 3.63) is 0 Å². The molecule has 0 aromatic rings. The molecule has 1 unspecified atom stereocenters. The number of carbonyl (C=O) groups is 2. The molecule has 0 aromatic heterocycles. The number of methoxy groups -OCH3 is 1. The molecule has 0 saturated carbocycles. The lowest BCUT2D eigenvalue weighted by Crippen LogP contribution is -2.53. The molecule has 1 aliphatic rings. The van der Waals surface area contributed by atoms with Crippen molar-refractivity contribution in [1.29, 1.82) is 0 Å². The van der Waals surface area contributed by atoms with Gasteiger partial charge in [0.1, 0.15) is 11.2 Å². The molecule has 0 radical (unpaired) electrons. The van der Waals surface area contributed by atoms with Crippen LogP contribution in [-0.4, -0.2) is 80.3 Å². The van der Waals surface area contributed by atoms with Crippen molar-refractivity contribution >= 4 is 21.9 Å². The van der Waals surface area contributed by atoms with E-state index in [9.17, 15) is 23.1 Å². The van der Waals surface area contributed by atoms with Gasteiger partial charge in [0.05, 0.1) is 6.61 Å². The van der Waals surface area contributed by atoms with Crippen LogP contribution in [0.2, 0.25) is 0 Å². The summed E-state index contributed by atoms with van der Waals surface area (Å²) in [5.41, 5.74) is -1.17. The SMILES string of the molecule is CCN(CC)S(=O)(=O)CC(=O)N1CCCC(COC)(C(=O)O)C1. The van der Waals surface area contributed by atoms with Gasteiger partial charge in [0, 0.05) is 33.3 Å². The summed E-state index contributed by atoms with van der Waals surface area (Å²) in [7, 11) is -2.26. The van der Waals surface area contributed by atoms with Crippen molar-refractivity contribution in [2.75, 3.05) is 45.6 Å². The lowest BCUT2D eigenvalue weighted by atomic mass is 9.80. The number of aliphatic carboxylic acids is 1. The monoisotopic (exact) mass is 350 g/mol. The Kier molecular flexibility index (Phi) is 6.97. The Morgan fingerprint density at radius 1 is 1.30 bits per heavy atom. The molecule has 1 fully saturated rings. The molecule has 1 rings (SSSR count). The highest BCUT2D eigenvalue weighted by Crippen LogP contribution is 2.31. The average Bonchev–Trinajstić information content (AvgIpc) is 2.48. The molecule has 1 N–H and O–H groups in total. The highest BCUT2D eigenvalue weighted by molar-refractivity contribution is 7.89. The highest BCUT2D eigenvalue weighted by Gasteiger charge is 2.44. The predicted molar refractivity (Wildman–Crippen MR) is 84.5 cm³/mol. The average molecular weight is 350 g/mol. The molecule has 9 heteroatoms. The first-order valence-corrected chi connectivity index (χ1v) is 9.31. The number of carboxylic acids is 1. The van der Waals surface area contributed by atoms with E-state index in [1.807, 2.05) is 0 Å². The molecule has 0 aliphatic carbocycles. The maximum atomic E-state index is 12.4. The molecule has 0 bridgehead atoms. The van der Waals surface area contributed by atoms with Gasteiger partial charge in [-0.05, 0) is 12.8 Å². The van der Waals surface area contributed by atoms with Crippen molar-refractivity contribution < 1.29 is 27.9 Å². The fourth-order valence-corrected chi connectivity index (χ4v) is 4.39. The van der Waals surface area contributed by atoms with E-state index in [1.54, 1.807) is 13.8 Å². The smallest absolute Gasteiger partial charge is 0.313 e. The van der Waals surface area contributed by atoms with Crippen LogP contribution in [-0.2, 0) is 24.3 Å². The Hall–Kier alpha value is -1.19. The summed E-state index contributed by atoms with van der Waals surface area (Å²) in [5, 5.41) is 9.47. The molecule has 0 aromatic carbocycles. The van der Waals surface area contributed by atoms with E-state index in [-0.39, 0.29) is 13.2 Å². The van der Waals surface area contributed by atoms with Crippen LogP contribution in [0.15, 0.2) is 0 Å². The minimum atomic E-state index is -3.68. The Balaban J connectivity index is 2.86. The molecule has 1 heterocycles. The quantitative estimate of drug-likeness (QED) is 0.661. The molecule has 23 heavy (non-hydrogen) atoms. The molecule has 8 nitrogen and oxygen atoms in total.